The van der Waals surface area contributed by atoms with E-state index in [1.54, 1.807) is 34.7 Å². The zero-order chi connectivity index (χ0) is 22.6. The first-order valence-corrected chi connectivity index (χ1v) is 7.60. The van der Waals surface area contributed by atoms with Crippen molar-refractivity contribution >= 4 is 0 Å². The SMILES string of the molecule is [2H]C([2H])([2H])c1c[n+](C)c(-c2ccc(C(F)(F)F)cc2C)cc1C([2H])([2H])C(C)(C)C. The van der Waals surface area contributed by atoms with Gasteiger partial charge < -0.3 is 0 Å². The van der Waals surface area contributed by atoms with E-state index in [9.17, 15) is 13.2 Å². The van der Waals surface area contributed by atoms with Crippen molar-refractivity contribution in [1.29, 1.82) is 0 Å². The Kier molecular flexibility index (Phi) is 3.25. The van der Waals surface area contributed by atoms with Crippen LogP contribution in [-0.2, 0) is 19.6 Å². The summed E-state index contributed by atoms with van der Waals surface area (Å²) < 4.78 is 81.2. The van der Waals surface area contributed by atoms with Gasteiger partial charge in [-0.1, -0.05) is 20.8 Å². The highest BCUT2D eigenvalue weighted by atomic mass is 19.4. The molecule has 2 aromatic rings. The minimum Gasteiger partial charge on any atom is -0.201 e. The summed E-state index contributed by atoms with van der Waals surface area (Å²) in [4.78, 5) is 0. The van der Waals surface area contributed by atoms with Crippen LogP contribution in [0.15, 0.2) is 30.5 Å². The predicted octanol–water partition coefficient (Wildman–Crippen LogP) is 5.40. The lowest BCUT2D eigenvalue weighted by atomic mass is 9.86. The van der Waals surface area contributed by atoms with E-state index in [1.807, 2.05) is 0 Å². The quantitative estimate of drug-likeness (QED) is 0.644. The average Bonchev–Trinajstić information content (AvgIpc) is 2.52. The van der Waals surface area contributed by atoms with Crippen molar-refractivity contribution < 1.29 is 24.6 Å². The van der Waals surface area contributed by atoms with Gasteiger partial charge in [0.15, 0.2) is 6.20 Å². The van der Waals surface area contributed by atoms with Crippen LogP contribution in [0.4, 0.5) is 13.2 Å². The maximum Gasteiger partial charge on any atom is 0.416 e. The Morgan fingerprint density at radius 2 is 1.79 bits per heavy atom. The van der Waals surface area contributed by atoms with E-state index >= 15 is 0 Å². The molecule has 1 nitrogen and oxygen atoms in total. The van der Waals surface area contributed by atoms with Gasteiger partial charge in [-0.3, -0.25) is 0 Å². The van der Waals surface area contributed by atoms with E-state index in [-0.39, 0.29) is 11.1 Å². The Morgan fingerprint density at radius 3 is 2.29 bits per heavy atom. The average molecular weight is 341 g/mol. The molecule has 1 aromatic heterocycles. The number of rotatable bonds is 2. The molecule has 0 bridgehead atoms. The number of hydrogen-bond acceptors (Lipinski definition) is 0. The number of nitrogens with zero attached hydrogens (tertiary/aromatic N) is 1. The molecule has 4 heteroatoms. The third-order valence-corrected chi connectivity index (χ3v) is 3.61. The van der Waals surface area contributed by atoms with Gasteiger partial charge in [0.1, 0.15) is 7.05 Å². The maximum absolute atomic E-state index is 13.0. The molecule has 0 aliphatic carbocycles. The number of aryl methyl sites for hydroxylation is 3. The van der Waals surface area contributed by atoms with Crippen molar-refractivity contribution in [2.45, 2.75) is 47.1 Å². The molecule has 0 amide bonds. The lowest BCUT2D eigenvalue weighted by Crippen LogP contribution is -2.32. The standard InChI is InChI=1S/C20H25F3N/c1-13-9-16(20(21,22)23)7-8-17(13)18-10-15(11-19(3,4)5)14(2)12-24(18)6/h7-10,12H,11H2,1-6H3/q+1/i2D3,11D2. The molecule has 130 valence electrons. The van der Waals surface area contributed by atoms with Crippen molar-refractivity contribution in [2.75, 3.05) is 0 Å². The van der Waals surface area contributed by atoms with Crippen molar-refractivity contribution in [3.63, 3.8) is 0 Å². The van der Waals surface area contributed by atoms with E-state index in [0.717, 1.165) is 12.1 Å². The Balaban J connectivity index is 2.81. The highest BCUT2D eigenvalue weighted by molar-refractivity contribution is 5.62. The van der Waals surface area contributed by atoms with Gasteiger partial charge in [0.2, 0.25) is 5.69 Å². The van der Waals surface area contributed by atoms with Crippen molar-refractivity contribution in [1.82, 2.24) is 0 Å². The number of halogens is 3. The second kappa shape index (κ2) is 6.23. The van der Waals surface area contributed by atoms with Crippen LogP contribution in [-0.4, -0.2) is 0 Å². The summed E-state index contributed by atoms with van der Waals surface area (Å²) in [6.07, 6.45) is -5.11. The van der Waals surface area contributed by atoms with Crippen molar-refractivity contribution in [2.24, 2.45) is 12.5 Å². The highest BCUT2D eigenvalue weighted by Gasteiger charge is 2.31. The van der Waals surface area contributed by atoms with Gasteiger partial charge in [-0.2, -0.15) is 13.2 Å². The summed E-state index contributed by atoms with van der Waals surface area (Å²) >= 11 is 0. The normalized spacial score (nSPS) is 16.8. The predicted molar refractivity (Wildman–Crippen MR) is 90.7 cm³/mol. The lowest BCUT2D eigenvalue weighted by Gasteiger charge is -2.19. The second-order valence-electron chi connectivity index (χ2n) is 7.00. The Bertz CT molecular complexity index is 925. The van der Waals surface area contributed by atoms with Crippen molar-refractivity contribution in [3.8, 4) is 11.3 Å². The molecule has 0 radical (unpaired) electrons. The van der Waals surface area contributed by atoms with Crippen LogP contribution in [0.2, 0.25) is 0 Å². The molecule has 0 saturated carbocycles. The van der Waals surface area contributed by atoms with Crippen LogP contribution in [0.25, 0.3) is 11.3 Å². The first kappa shape index (κ1) is 12.5. The Morgan fingerprint density at radius 1 is 1.12 bits per heavy atom. The van der Waals surface area contributed by atoms with E-state index in [2.05, 4.69) is 0 Å². The van der Waals surface area contributed by atoms with Gasteiger partial charge in [-0.25, -0.2) is 4.57 Å². The molecular weight excluding hydrogens is 311 g/mol. The van der Waals surface area contributed by atoms with Gasteiger partial charge in [0.05, 0.1) is 5.56 Å². The fourth-order valence-corrected chi connectivity index (χ4v) is 2.55. The molecule has 0 fully saturated rings. The molecule has 1 heterocycles. The monoisotopic (exact) mass is 341 g/mol. The van der Waals surface area contributed by atoms with Gasteiger partial charge in [-0.05, 0) is 54.9 Å². The molecule has 0 aliphatic heterocycles. The molecule has 0 saturated heterocycles. The Hall–Kier alpha value is -1.84. The van der Waals surface area contributed by atoms with Crippen molar-refractivity contribution in [3.05, 3.63) is 52.7 Å². The number of aromatic nitrogens is 1. The minimum atomic E-state index is -4.47. The molecular formula is C20H25F3N+. The van der Waals surface area contributed by atoms with E-state index in [4.69, 9.17) is 6.85 Å². The van der Waals surface area contributed by atoms with Crippen LogP contribution in [0.1, 0.15) is 49.9 Å². The largest absolute Gasteiger partial charge is 0.416 e. The molecule has 0 N–H and O–H groups in total. The van der Waals surface area contributed by atoms with Crippen LogP contribution in [0.3, 0.4) is 0 Å². The number of hydrogen-bond donors (Lipinski definition) is 0. The summed E-state index contributed by atoms with van der Waals surface area (Å²) in [6.45, 7) is 4.02. The van der Waals surface area contributed by atoms with Gasteiger partial charge in [0.25, 0.3) is 0 Å². The van der Waals surface area contributed by atoms with Gasteiger partial charge in [0, 0.05) is 24.0 Å². The number of pyridine rings is 1. The van der Waals surface area contributed by atoms with Gasteiger partial charge in [-0.15, -0.1) is 0 Å². The summed E-state index contributed by atoms with van der Waals surface area (Å²) in [6, 6.07) is 4.78. The van der Waals surface area contributed by atoms with E-state index in [0.29, 0.717) is 16.8 Å². The first-order valence-electron chi connectivity index (χ1n) is 10.1. The fourth-order valence-electron chi connectivity index (χ4n) is 2.55. The zero-order valence-electron chi connectivity index (χ0n) is 19.5. The summed E-state index contributed by atoms with van der Waals surface area (Å²) in [5.41, 5.74) is -0.508. The molecule has 24 heavy (non-hydrogen) atoms. The van der Waals surface area contributed by atoms with Crippen LogP contribution >= 0.6 is 0 Å². The van der Waals surface area contributed by atoms with Crippen LogP contribution < -0.4 is 4.57 Å². The van der Waals surface area contributed by atoms with E-state index < -0.39 is 30.4 Å². The molecule has 0 aliphatic rings. The highest BCUT2D eigenvalue weighted by Crippen LogP contribution is 2.33. The number of benzene rings is 1. The third kappa shape index (κ3) is 4.16. The molecule has 0 unspecified atom stereocenters. The first-order chi connectivity index (χ1) is 12.9. The molecule has 2 rings (SSSR count). The molecule has 0 spiro atoms. The third-order valence-electron chi connectivity index (χ3n) is 3.61. The van der Waals surface area contributed by atoms with Crippen LogP contribution in [0.5, 0.6) is 0 Å². The smallest absolute Gasteiger partial charge is 0.201 e. The van der Waals surface area contributed by atoms with Crippen LogP contribution in [0, 0.1) is 19.2 Å². The second-order valence-corrected chi connectivity index (χ2v) is 7.00. The zero-order valence-corrected chi connectivity index (χ0v) is 14.5. The Labute approximate surface area is 149 Å². The maximum atomic E-state index is 13.0. The summed E-state index contributed by atoms with van der Waals surface area (Å²) in [5, 5.41) is 0. The fraction of sp³-hybridized carbons (Fsp3) is 0.450. The van der Waals surface area contributed by atoms with E-state index in [1.165, 1.54) is 22.9 Å². The lowest BCUT2D eigenvalue weighted by molar-refractivity contribution is -0.660. The molecule has 0 atom stereocenters. The topological polar surface area (TPSA) is 3.88 Å². The molecule has 1 aromatic carbocycles. The van der Waals surface area contributed by atoms with Gasteiger partial charge >= 0.3 is 6.18 Å². The number of alkyl halides is 3. The summed E-state index contributed by atoms with van der Waals surface area (Å²) in [7, 11) is 1.60. The minimum absolute atomic E-state index is 0.0115. The summed E-state index contributed by atoms with van der Waals surface area (Å²) in [5.74, 6) is 0.